The van der Waals surface area contributed by atoms with Crippen molar-refractivity contribution in [3.8, 4) is 11.3 Å². The van der Waals surface area contributed by atoms with Gasteiger partial charge in [-0.1, -0.05) is 56.3 Å². The Morgan fingerprint density at radius 3 is 2.54 bits per heavy atom. The lowest BCUT2D eigenvalue weighted by molar-refractivity contribution is 0.864. The van der Waals surface area contributed by atoms with Crippen LogP contribution in [0.15, 0.2) is 72.9 Å². The number of hydrogen-bond acceptors (Lipinski definition) is 2. The molecule has 0 bridgehead atoms. The average Bonchev–Trinajstić information content (AvgIpc) is 3.06. The quantitative estimate of drug-likeness (QED) is 0.322. The van der Waals surface area contributed by atoms with Crippen molar-refractivity contribution in [2.45, 2.75) is 19.7 Å². The SMILES string of the molecule is [2H]C(C)(C)c1ccnc(-c2cc3ccccc3c3c2sc2ccccc23)c1. The molecule has 0 aliphatic heterocycles. The number of aromatic nitrogens is 1. The summed E-state index contributed by atoms with van der Waals surface area (Å²) in [4.78, 5) is 4.67. The third-order valence-electron chi connectivity index (χ3n) is 4.98. The molecular weight excluding hydrogens is 334 g/mol. The van der Waals surface area contributed by atoms with E-state index in [9.17, 15) is 0 Å². The lowest BCUT2D eigenvalue weighted by Gasteiger charge is -2.10. The second-order valence-corrected chi connectivity index (χ2v) is 7.93. The van der Waals surface area contributed by atoms with Gasteiger partial charge in [0.1, 0.15) is 0 Å². The summed E-state index contributed by atoms with van der Waals surface area (Å²) in [5.74, 6) is -0.645. The summed E-state index contributed by atoms with van der Waals surface area (Å²) in [5, 5.41) is 5.11. The number of benzene rings is 3. The van der Waals surface area contributed by atoms with Gasteiger partial charge in [0.2, 0.25) is 0 Å². The van der Waals surface area contributed by atoms with E-state index in [-0.39, 0.29) is 0 Å². The molecule has 26 heavy (non-hydrogen) atoms. The number of rotatable bonds is 2. The molecule has 0 saturated heterocycles. The van der Waals surface area contributed by atoms with Gasteiger partial charge in [0, 0.05) is 33.3 Å². The van der Waals surface area contributed by atoms with Gasteiger partial charge in [-0.15, -0.1) is 11.3 Å². The fraction of sp³-hybridized carbons (Fsp3) is 0.125. The van der Waals surface area contributed by atoms with Crippen molar-refractivity contribution in [3.05, 3.63) is 78.5 Å². The first-order valence-corrected chi connectivity index (χ1v) is 9.64. The Morgan fingerprint density at radius 1 is 0.923 bits per heavy atom. The third kappa shape index (κ3) is 2.33. The lowest BCUT2D eigenvalue weighted by atomic mass is 9.97. The predicted molar refractivity (Wildman–Crippen MR) is 114 cm³/mol. The van der Waals surface area contributed by atoms with Gasteiger partial charge in [-0.2, -0.15) is 0 Å². The van der Waals surface area contributed by atoms with Gasteiger partial charge in [0.25, 0.3) is 0 Å². The first-order valence-electron chi connectivity index (χ1n) is 9.32. The molecule has 3 aromatic carbocycles. The maximum absolute atomic E-state index is 8.39. The summed E-state index contributed by atoms with van der Waals surface area (Å²) in [6, 6.07) is 23.4. The zero-order valence-electron chi connectivity index (χ0n) is 15.8. The summed E-state index contributed by atoms with van der Waals surface area (Å²) in [7, 11) is 0. The van der Waals surface area contributed by atoms with Crippen molar-refractivity contribution in [2.75, 3.05) is 0 Å². The van der Waals surface area contributed by atoms with Crippen molar-refractivity contribution >= 4 is 42.3 Å². The van der Waals surface area contributed by atoms with Crippen LogP contribution in [0.5, 0.6) is 0 Å². The van der Waals surface area contributed by atoms with Crippen LogP contribution in [0, 0.1) is 0 Å². The Balaban J connectivity index is 1.92. The molecule has 1 nitrogen and oxygen atoms in total. The van der Waals surface area contributed by atoms with E-state index in [1.807, 2.05) is 37.4 Å². The topological polar surface area (TPSA) is 12.9 Å². The van der Waals surface area contributed by atoms with E-state index < -0.39 is 5.89 Å². The summed E-state index contributed by atoms with van der Waals surface area (Å²) >= 11 is 1.82. The molecule has 2 heteroatoms. The molecule has 0 fully saturated rings. The van der Waals surface area contributed by atoms with Crippen LogP contribution in [-0.2, 0) is 0 Å². The van der Waals surface area contributed by atoms with Crippen molar-refractivity contribution in [1.29, 1.82) is 0 Å². The van der Waals surface area contributed by atoms with Crippen LogP contribution < -0.4 is 0 Å². The molecule has 5 rings (SSSR count). The Morgan fingerprint density at radius 2 is 1.69 bits per heavy atom. The zero-order chi connectivity index (χ0) is 18.6. The van der Waals surface area contributed by atoms with Crippen LogP contribution in [0.1, 0.15) is 26.7 Å². The number of thiophene rings is 1. The second-order valence-electron chi connectivity index (χ2n) is 6.88. The highest BCUT2D eigenvalue weighted by Crippen LogP contribution is 2.43. The Hall–Kier alpha value is -2.71. The second kappa shape index (κ2) is 5.93. The van der Waals surface area contributed by atoms with Crippen LogP contribution in [0.3, 0.4) is 0 Å². The number of fused-ring (bicyclic) bond motifs is 5. The van der Waals surface area contributed by atoms with E-state index in [2.05, 4.69) is 65.6 Å². The molecule has 0 spiro atoms. The number of hydrogen-bond donors (Lipinski definition) is 0. The minimum absolute atomic E-state index is 0.645. The van der Waals surface area contributed by atoms with Crippen LogP contribution in [0.25, 0.3) is 42.2 Å². The largest absolute Gasteiger partial charge is 0.256 e. The maximum Gasteiger partial charge on any atom is 0.0719 e. The molecule has 2 aromatic heterocycles. The normalized spacial score (nSPS) is 12.8. The zero-order valence-corrected chi connectivity index (χ0v) is 15.6. The summed E-state index contributed by atoms with van der Waals surface area (Å²) in [5.41, 5.74) is 3.07. The van der Waals surface area contributed by atoms with Gasteiger partial charge in [-0.05, 0) is 46.5 Å². The molecule has 5 aromatic rings. The monoisotopic (exact) mass is 354 g/mol. The maximum atomic E-state index is 8.39. The minimum Gasteiger partial charge on any atom is -0.256 e. The van der Waals surface area contributed by atoms with E-state index in [4.69, 9.17) is 1.37 Å². The molecule has 0 saturated carbocycles. The number of pyridine rings is 1. The van der Waals surface area contributed by atoms with Crippen molar-refractivity contribution in [2.24, 2.45) is 0 Å². The van der Waals surface area contributed by atoms with Crippen LogP contribution in [0.4, 0.5) is 0 Å². The van der Waals surface area contributed by atoms with Gasteiger partial charge >= 0.3 is 0 Å². The van der Waals surface area contributed by atoms with Crippen molar-refractivity contribution in [1.82, 2.24) is 4.98 Å². The molecule has 0 aliphatic carbocycles. The van der Waals surface area contributed by atoms with Crippen LogP contribution >= 0.6 is 11.3 Å². The minimum atomic E-state index is -0.645. The van der Waals surface area contributed by atoms with Gasteiger partial charge in [-0.3, -0.25) is 4.98 Å². The highest BCUT2D eigenvalue weighted by Gasteiger charge is 2.15. The van der Waals surface area contributed by atoms with Crippen molar-refractivity contribution < 1.29 is 1.37 Å². The molecule has 2 heterocycles. The number of nitrogens with zero attached hydrogens (tertiary/aromatic N) is 1. The first-order chi connectivity index (χ1) is 13.0. The highest BCUT2D eigenvalue weighted by molar-refractivity contribution is 7.26. The van der Waals surface area contributed by atoms with Gasteiger partial charge in [0.05, 0.1) is 5.69 Å². The molecule has 126 valence electrons. The van der Waals surface area contributed by atoms with Crippen molar-refractivity contribution in [3.63, 3.8) is 0 Å². The van der Waals surface area contributed by atoms with Crippen LogP contribution in [0.2, 0.25) is 0 Å². The van der Waals surface area contributed by atoms with E-state index in [1.165, 1.54) is 30.9 Å². The first kappa shape index (κ1) is 14.5. The predicted octanol–water partition coefficient (Wildman–Crippen LogP) is 7.39. The highest BCUT2D eigenvalue weighted by atomic mass is 32.1. The molecular formula is C24H19NS. The third-order valence-corrected chi connectivity index (χ3v) is 6.19. The van der Waals surface area contributed by atoms with E-state index in [1.54, 1.807) is 0 Å². The molecule has 0 unspecified atom stereocenters. The fourth-order valence-electron chi connectivity index (χ4n) is 3.65. The summed E-state index contributed by atoms with van der Waals surface area (Å²) in [6.07, 6.45) is 1.83. The standard InChI is InChI=1S/C24H19NS/c1-15(2)16-11-12-25-21(14-16)20-13-17-7-3-4-8-18(17)23-19-9-5-6-10-22(19)26-24(20)23/h3-15H,1-2H3/i15D. The average molecular weight is 354 g/mol. The molecule has 0 aliphatic rings. The summed E-state index contributed by atoms with van der Waals surface area (Å²) in [6.45, 7) is 3.84. The molecule has 0 atom stereocenters. The molecule has 0 radical (unpaired) electrons. The lowest BCUT2D eigenvalue weighted by Crippen LogP contribution is -1.91. The fourth-order valence-corrected chi connectivity index (χ4v) is 4.90. The van der Waals surface area contributed by atoms with Gasteiger partial charge in [-0.25, -0.2) is 0 Å². The Bertz CT molecular complexity index is 1310. The molecule has 0 amide bonds. The Labute approximate surface area is 158 Å². The van der Waals surface area contributed by atoms with Gasteiger partial charge < -0.3 is 0 Å². The van der Waals surface area contributed by atoms with E-state index in [0.29, 0.717) is 0 Å². The van der Waals surface area contributed by atoms with Crippen LogP contribution in [-0.4, -0.2) is 4.98 Å². The Kier molecular flexibility index (Phi) is 3.30. The smallest absolute Gasteiger partial charge is 0.0719 e. The summed E-state index contributed by atoms with van der Waals surface area (Å²) < 4.78 is 10.9. The van der Waals surface area contributed by atoms with E-state index >= 15 is 0 Å². The van der Waals surface area contributed by atoms with Gasteiger partial charge in [0.15, 0.2) is 0 Å². The van der Waals surface area contributed by atoms with E-state index in [0.717, 1.165) is 16.8 Å². The molecule has 0 N–H and O–H groups in total.